The molecule has 0 aromatic heterocycles. The van der Waals surface area contributed by atoms with E-state index >= 15 is 0 Å². The summed E-state index contributed by atoms with van der Waals surface area (Å²) in [6, 6.07) is 5.24. The van der Waals surface area contributed by atoms with Gasteiger partial charge in [-0.05, 0) is 117 Å². The van der Waals surface area contributed by atoms with E-state index in [1.807, 2.05) is 13.0 Å². The van der Waals surface area contributed by atoms with Crippen LogP contribution in [-0.4, -0.2) is 100 Å². The molecule has 1 amide bonds. The number of carbonyl (C=O) groups excluding carboxylic acids is 1. The number of hydrogen-bond acceptors (Lipinski definition) is 6. The first kappa shape index (κ1) is 29.8. The van der Waals surface area contributed by atoms with Gasteiger partial charge in [-0.15, -0.1) is 0 Å². The number of amides is 1. The largest absolute Gasteiger partial charge is 0.374 e. The van der Waals surface area contributed by atoms with Crippen molar-refractivity contribution in [1.29, 1.82) is 0 Å². The standard InChI is InChI=1S/C34H49N5O2/c1-7-39(28-12-10-27(11-13-28)37(4)5)33-19-26(9-8-25-14-16-38(6)17-15-25)18-29(23(33)2)34(40)36-32-22-41-21-31-24(3)35-20-30(31)32/h18-19,25,27-28,32H,7,10-17,20-22H2,1-6H3,(H,36,40). The van der Waals surface area contributed by atoms with Crippen molar-refractivity contribution in [1.82, 2.24) is 15.1 Å². The van der Waals surface area contributed by atoms with Crippen LogP contribution in [0, 0.1) is 24.7 Å². The van der Waals surface area contributed by atoms with Crippen LogP contribution in [-0.2, 0) is 4.74 Å². The van der Waals surface area contributed by atoms with Crippen LogP contribution >= 0.6 is 0 Å². The smallest absolute Gasteiger partial charge is 0.252 e. The molecule has 2 fully saturated rings. The summed E-state index contributed by atoms with van der Waals surface area (Å²) in [5.41, 5.74) is 7.24. The molecule has 3 heterocycles. The molecule has 1 saturated heterocycles. The summed E-state index contributed by atoms with van der Waals surface area (Å²) in [4.78, 5) is 25.8. The van der Waals surface area contributed by atoms with Gasteiger partial charge in [0.1, 0.15) is 0 Å². The summed E-state index contributed by atoms with van der Waals surface area (Å²) < 4.78 is 5.86. The Kier molecular flexibility index (Phi) is 9.53. The zero-order valence-corrected chi connectivity index (χ0v) is 26.1. The highest BCUT2D eigenvalue weighted by atomic mass is 16.5. The van der Waals surface area contributed by atoms with Gasteiger partial charge in [0.2, 0.25) is 0 Å². The summed E-state index contributed by atoms with van der Waals surface area (Å²) in [7, 11) is 6.57. The number of benzene rings is 1. The number of piperidine rings is 1. The van der Waals surface area contributed by atoms with E-state index in [0.717, 1.165) is 66.1 Å². The first-order valence-corrected chi connectivity index (χ1v) is 15.6. The quantitative estimate of drug-likeness (QED) is 0.527. The molecular formula is C34H49N5O2. The van der Waals surface area contributed by atoms with Crippen LogP contribution in [0.3, 0.4) is 0 Å². The molecule has 1 aromatic carbocycles. The highest BCUT2D eigenvalue weighted by molar-refractivity contribution is 6.02. The van der Waals surface area contributed by atoms with Gasteiger partial charge >= 0.3 is 0 Å². The molecule has 0 spiro atoms. The number of likely N-dealkylation sites (tertiary alicyclic amines) is 1. The van der Waals surface area contributed by atoms with Gasteiger partial charge in [0.05, 0.1) is 25.8 Å². The minimum atomic E-state index is -0.146. The van der Waals surface area contributed by atoms with E-state index in [9.17, 15) is 4.79 Å². The third kappa shape index (κ3) is 6.71. The van der Waals surface area contributed by atoms with E-state index in [4.69, 9.17) is 4.74 Å². The molecule has 41 heavy (non-hydrogen) atoms. The summed E-state index contributed by atoms with van der Waals surface area (Å²) in [5, 5.41) is 3.31. The Bertz CT molecular complexity index is 1240. The van der Waals surface area contributed by atoms with Crippen LogP contribution in [0.2, 0.25) is 0 Å². The van der Waals surface area contributed by atoms with E-state index < -0.39 is 0 Å². The summed E-state index contributed by atoms with van der Waals surface area (Å²) >= 11 is 0. The van der Waals surface area contributed by atoms with Crippen LogP contribution < -0.4 is 10.2 Å². The van der Waals surface area contributed by atoms with Gasteiger partial charge in [0.15, 0.2) is 0 Å². The molecule has 4 aliphatic rings. The number of ether oxygens (including phenoxy) is 1. The molecular weight excluding hydrogens is 510 g/mol. The Balaban J connectivity index is 1.44. The van der Waals surface area contributed by atoms with Gasteiger partial charge < -0.3 is 24.8 Å². The Morgan fingerprint density at radius 3 is 2.49 bits per heavy atom. The van der Waals surface area contributed by atoms with E-state index in [0.29, 0.717) is 37.8 Å². The number of nitrogens with one attached hydrogen (secondary N) is 1. The lowest BCUT2D eigenvalue weighted by Crippen LogP contribution is -2.44. The molecule has 3 aliphatic heterocycles. The summed E-state index contributed by atoms with van der Waals surface area (Å²) in [5.74, 6) is 7.44. The molecule has 1 unspecified atom stereocenters. The van der Waals surface area contributed by atoms with Crippen molar-refractivity contribution in [2.75, 3.05) is 65.4 Å². The topological polar surface area (TPSA) is 60.4 Å². The second-order valence-electron chi connectivity index (χ2n) is 12.7. The first-order chi connectivity index (χ1) is 19.7. The van der Waals surface area contributed by atoms with Crippen LogP contribution in [0.1, 0.15) is 73.9 Å². The van der Waals surface area contributed by atoms with Gasteiger partial charge in [-0.1, -0.05) is 11.8 Å². The fourth-order valence-electron chi connectivity index (χ4n) is 7.04. The minimum absolute atomic E-state index is 0.0500. The predicted molar refractivity (Wildman–Crippen MR) is 168 cm³/mol. The number of nitrogens with zero attached hydrogens (tertiary/aromatic N) is 4. The monoisotopic (exact) mass is 559 g/mol. The molecule has 1 atom stereocenters. The van der Waals surface area contributed by atoms with Crippen molar-refractivity contribution in [3.63, 3.8) is 0 Å². The van der Waals surface area contributed by atoms with Crippen molar-refractivity contribution >= 4 is 17.3 Å². The van der Waals surface area contributed by atoms with Gasteiger partial charge in [0.25, 0.3) is 5.91 Å². The lowest BCUT2D eigenvalue weighted by Gasteiger charge is -2.40. The van der Waals surface area contributed by atoms with Crippen LogP contribution in [0.4, 0.5) is 5.69 Å². The predicted octanol–water partition coefficient (Wildman–Crippen LogP) is 4.29. The molecule has 0 bridgehead atoms. The third-order valence-corrected chi connectivity index (χ3v) is 9.82. The molecule has 5 rings (SSSR count). The Morgan fingerprint density at radius 2 is 1.80 bits per heavy atom. The zero-order valence-electron chi connectivity index (χ0n) is 26.1. The second kappa shape index (κ2) is 13.1. The van der Waals surface area contributed by atoms with Gasteiger partial charge in [-0.25, -0.2) is 0 Å². The van der Waals surface area contributed by atoms with Crippen LogP contribution in [0.15, 0.2) is 28.3 Å². The lowest BCUT2D eigenvalue weighted by atomic mass is 9.88. The maximum Gasteiger partial charge on any atom is 0.252 e. The highest BCUT2D eigenvalue weighted by Crippen LogP contribution is 2.33. The van der Waals surface area contributed by atoms with E-state index in [2.05, 4.69) is 77.9 Å². The van der Waals surface area contributed by atoms with Crippen molar-refractivity contribution in [3.8, 4) is 11.8 Å². The van der Waals surface area contributed by atoms with E-state index in [1.165, 1.54) is 31.3 Å². The van der Waals surface area contributed by atoms with Crippen LogP contribution in [0.5, 0.6) is 0 Å². The Hall–Kier alpha value is -2.66. The average Bonchev–Trinajstić information content (AvgIpc) is 3.36. The average molecular weight is 560 g/mol. The van der Waals surface area contributed by atoms with Gasteiger partial charge in [-0.3, -0.25) is 9.79 Å². The highest BCUT2D eigenvalue weighted by Gasteiger charge is 2.31. The number of anilines is 1. The molecule has 1 N–H and O–H groups in total. The number of hydrogen-bond donors (Lipinski definition) is 1. The fraction of sp³-hybridized carbons (Fsp3) is 0.647. The molecule has 0 radical (unpaired) electrons. The van der Waals surface area contributed by atoms with Crippen molar-refractivity contribution < 1.29 is 9.53 Å². The maximum absolute atomic E-state index is 14.0. The number of aliphatic imine (C=N–C) groups is 1. The second-order valence-corrected chi connectivity index (χ2v) is 12.7. The normalized spacial score (nSPS) is 25.4. The molecule has 7 nitrogen and oxygen atoms in total. The van der Waals surface area contributed by atoms with Crippen molar-refractivity contribution in [3.05, 3.63) is 40.0 Å². The molecule has 1 aromatic rings. The molecule has 222 valence electrons. The lowest BCUT2D eigenvalue weighted by molar-refractivity contribution is 0.0870. The third-order valence-electron chi connectivity index (χ3n) is 9.82. The number of rotatable bonds is 6. The summed E-state index contributed by atoms with van der Waals surface area (Å²) in [6.45, 7) is 11.2. The van der Waals surface area contributed by atoms with Gasteiger partial charge in [-0.2, -0.15) is 0 Å². The van der Waals surface area contributed by atoms with Crippen molar-refractivity contribution in [2.45, 2.75) is 77.4 Å². The first-order valence-electron chi connectivity index (χ1n) is 15.6. The fourth-order valence-corrected chi connectivity index (χ4v) is 7.04. The zero-order chi connectivity index (χ0) is 29.1. The van der Waals surface area contributed by atoms with Crippen molar-refractivity contribution in [2.24, 2.45) is 10.9 Å². The van der Waals surface area contributed by atoms with E-state index in [1.54, 1.807) is 0 Å². The van der Waals surface area contributed by atoms with E-state index in [-0.39, 0.29) is 11.9 Å². The minimum Gasteiger partial charge on any atom is -0.374 e. The molecule has 1 aliphatic carbocycles. The van der Waals surface area contributed by atoms with Gasteiger partial charge in [0, 0.05) is 52.6 Å². The Labute approximate surface area is 247 Å². The number of carbonyl (C=O) groups is 1. The molecule has 7 heteroatoms. The summed E-state index contributed by atoms with van der Waals surface area (Å²) in [6.07, 6.45) is 6.95. The SMILES string of the molecule is CCN(c1cc(C#CC2CCN(C)CC2)cc(C(=O)NC2COCC3=C2CN=C3C)c1C)C1CCC(N(C)C)CC1. The maximum atomic E-state index is 14.0. The Morgan fingerprint density at radius 1 is 1.10 bits per heavy atom. The molecule has 1 saturated carbocycles. The van der Waals surface area contributed by atoms with Crippen LogP contribution in [0.25, 0.3) is 0 Å².